The fourth-order valence-electron chi connectivity index (χ4n) is 4.01. The van der Waals surface area contributed by atoms with Gasteiger partial charge in [0.25, 0.3) is 0 Å². The third-order valence-corrected chi connectivity index (χ3v) is 5.35. The maximum atomic E-state index is 4.80. The molecule has 0 aliphatic rings. The molecule has 5 nitrogen and oxygen atoms in total. The molecule has 1 atom stereocenters. The Labute approximate surface area is 165 Å². The van der Waals surface area contributed by atoms with E-state index < -0.39 is 0 Å². The van der Waals surface area contributed by atoms with Crippen molar-refractivity contribution in [1.29, 1.82) is 0 Å². The van der Waals surface area contributed by atoms with Gasteiger partial charge in [0.1, 0.15) is 0 Å². The SMILES string of the molecule is CCn1nc(C)c([C@@H](C)n2cnc(-c3ccccc3)c2-c2cccnc2)c1C. The summed E-state index contributed by atoms with van der Waals surface area (Å²) in [5.74, 6) is 0. The van der Waals surface area contributed by atoms with Gasteiger partial charge in [0.15, 0.2) is 0 Å². The Morgan fingerprint density at radius 1 is 1.00 bits per heavy atom. The molecule has 0 unspecified atom stereocenters. The quantitative estimate of drug-likeness (QED) is 0.493. The summed E-state index contributed by atoms with van der Waals surface area (Å²) >= 11 is 0. The smallest absolute Gasteiger partial charge is 0.0964 e. The molecule has 142 valence electrons. The standard InChI is InChI=1S/C23H25N5/c1-5-28-18(4)21(16(2)26-28)17(3)27-15-25-22(19-10-7-6-8-11-19)23(27)20-12-9-13-24-14-20/h6-15,17H,5H2,1-4H3/t17-/m1/s1. The van der Waals surface area contributed by atoms with Gasteiger partial charge in [-0.2, -0.15) is 5.10 Å². The van der Waals surface area contributed by atoms with Crippen molar-refractivity contribution in [3.8, 4) is 22.5 Å². The van der Waals surface area contributed by atoms with Gasteiger partial charge in [-0.3, -0.25) is 9.67 Å². The second-order valence-corrected chi connectivity index (χ2v) is 7.03. The molecule has 0 aliphatic heterocycles. The van der Waals surface area contributed by atoms with Crippen LogP contribution in [-0.4, -0.2) is 24.3 Å². The van der Waals surface area contributed by atoms with Gasteiger partial charge in [0.2, 0.25) is 0 Å². The second kappa shape index (κ2) is 7.43. The van der Waals surface area contributed by atoms with E-state index in [9.17, 15) is 0 Å². The predicted molar refractivity (Wildman–Crippen MR) is 112 cm³/mol. The van der Waals surface area contributed by atoms with Crippen LogP contribution in [0.2, 0.25) is 0 Å². The molecule has 0 amide bonds. The van der Waals surface area contributed by atoms with Gasteiger partial charge in [-0.1, -0.05) is 30.3 Å². The summed E-state index contributed by atoms with van der Waals surface area (Å²) in [6.07, 6.45) is 5.65. The van der Waals surface area contributed by atoms with E-state index in [1.54, 1.807) is 6.20 Å². The molecule has 0 bridgehead atoms. The lowest BCUT2D eigenvalue weighted by Crippen LogP contribution is -2.10. The zero-order valence-corrected chi connectivity index (χ0v) is 16.8. The number of aromatic nitrogens is 5. The van der Waals surface area contributed by atoms with Crippen molar-refractivity contribution in [2.45, 2.75) is 40.3 Å². The summed E-state index contributed by atoms with van der Waals surface area (Å²) in [6, 6.07) is 14.5. The van der Waals surface area contributed by atoms with Gasteiger partial charge in [0, 0.05) is 41.3 Å². The van der Waals surface area contributed by atoms with Crippen LogP contribution in [0.1, 0.15) is 36.8 Å². The minimum Gasteiger partial charge on any atom is -0.323 e. The van der Waals surface area contributed by atoms with E-state index >= 15 is 0 Å². The first-order chi connectivity index (χ1) is 13.6. The molecule has 0 spiro atoms. The van der Waals surface area contributed by atoms with Crippen LogP contribution in [-0.2, 0) is 6.54 Å². The van der Waals surface area contributed by atoms with Gasteiger partial charge >= 0.3 is 0 Å². The molecule has 3 heterocycles. The van der Waals surface area contributed by atoms with Crippen LogP contribution in [0.4, 0.5) is 0 Å². The first-order valence-corrected chi connectivity index (χ1v) is 9.68. The highest BCUT2D eigenvalue weighted by atomic mass is 15.3. The Morgan fingerprint density at radius 3 is 2.39 bits per heavy atom. The molecule has 0 saturated heterocycles. The fraction of sp³-hybridized carbons (Fsp3) is 0.261. The number of pyridine rings is 1. The Balaban J connectivity index is 1.91. The van der Waals surface area contributed by atoms with Crippen molar-refractivity contribution in [2.75, 3.05) is 0 Å². The molecule has 28 heavy (non-hydrogen) atoms. The van der Waals surface area contributed by atoms with Crippen LogP contribution in [0.5, 0.6) is 0 Å². The van der Waals surface area contributed by atoms with Crippen LogP contribution >= 0.6 is 0 Å². The van der Waals surface area contributed by atoms with Crippen molar-refractivity contribution >= 4 is 0 Å². The highest BCUT2D eigenvalue weighted by Gasteiger charge is 2.23. The monoisotopic (exact) mass is 371 g/mol. The maximum absolute atomic E-state index is 4.80. The number of benzene rings is 1. The van der Waals surface area contributed by atoms with E-state index in [1.165, 1.54) is 11.3 Å². The Bertz CT molecular complexity index is 1080. The lowest BCUT2D eigenvalue weighted by molar-refractivity contribution is 0.618. The molecule has 0 aliphatic carbocycles. The summed E-state index contributed by atoms with van der Waals surface area (Å²) in [6.45, 7) is 9.44. The van der Waals surface area contributed by atoms with Gasteiger partial charge in [0.05, 0.1) is 29.5 Å². The summed E-state index contributed by atoms with van der Waals surface area (Å²) in [7, 11) is 0. The molecule has 0 radical (unpaired) electrons. The summed E-state index contributed by atoms with van der Waals surface area (Å²) in [4.78, 5) is 9.15. The van der Waals surface area contributed by atoms with E-state index in [0.717, 1.165) is 34.8 Å². The number of nitrogens with zero attached hydrogens (tertiary/aromatic N) is 5. The van der Waals surface area contributed by atoms with Gasteiger partial charge in [-0.05, 0) is 39.8 Å². The third-order valence-electron chi connectivity index (χ3n) is 5.35. The molecular weight excluding hydrogens is 346 g/mol. The molecular formula is C23H25N5. The minimum atomic E-state index is 0.112. The van der Waals surface area contributed by atoms with Crippen molar-refractivity contribution in [1.82, 2.24) is 24.3 Å². The zero-order chi connectivity index (χ0) is 19.7. The van der Waals surface area contributed by atoms with E-state index in [1.807, 2.05) is 36.8 Å². The normalized spacial score (nSPS) is 12.3. The molecule has 0 N–H and O–H groups in total. The van der Waals surface area contributed by atoms with Gasteiger partial charge in [-0.25, -0.2) is 4.98 Å². The molecule has 1 aromatic carbocycles. The molecule has 0 fully saturated rings. The highest BCUT2D eigenvalue weighted by molar-refractivity contribution is 5.78. The van der Waals surface area contributed by atoms with E-state index in [4.69, 9.17) is 10.1 Å². The van der Waals surface area contributed by atoms with Crippen molar-refractivity contribution < 1.29 is 0 Å². The lowest BCUT2D eigenvalue weighted by atomic mass is 10.0. The first kappa shape index (κ1) is 18.2. The molecule has 3 aromatic heterocycles. The zero-order valence-electron chi connectivity index (χ0n) is 16.8. The summed E-state index contributed by atoms with van der Waals surface area (Å²) < 4.78 is 4.32. The average molecular weight is 371 g/mol. The Morgan fingerprint density at radius 2 is 1.75 bits per heavy atom. The molecule has 4 aromatic rings. The van der Waals surface area contributed by atoms with E-state index in [0.29, 0.717) is 0 Å². The third kappa shape index (κ3) is 3.03. The van der Waals surface area contributed by atoms with Crippen molar-refractivity contribution in [3.05, 3.63) is 78.1 Å². The van der Waals surface area contributed by atoms with Crippen molar-refractivity contribution in [2.24, 2.45) is 0 Å². The number of rotatable bonds is 5. The van der Waals surface area contributed by atoms with Crippen LogP contribution in [0, 0.1) is 13.8 Å². The topological polar surface area (TPSA) is 48.5 Å². The van der Waals surface area contributed by atoms with Gasteiger partial charge in [-0.15, -0.1) is 0 Å². The van der Waals surface area contributed by atoms with Crippen molar-refractivity contribution in [3.63, 3.8) is 0 Å². The first-order valence-electron chi connectivity index (χ1n) is 9.68. The molecule has 5 heteroatoms. The summed E-state index contributed by atoms with van der Waals surface area (Å²) in [5.41, 5.74) is 7.74. The molecule has 4 rings (SSSR count). The Kier molecular flexibility index (Phi) is 4.82. The minimum absolute atomic E-state index is 0.112. The number of aryl methyl sites for hydroxylation is 2. The van der Waals surface area contributed by atoms with Crippen LogP contribution in [0.3, 0.4) is 0 Å². The van der Waals surface area contributed by atoms with Crippen LogP contribution in [0.15, 0.2) is 61.2 Å². The van der Waals surface area contributed by atoms with Crippen LogP contribution < -0.4 is 0 Å². The summed E-state index contributed by atoms with van der Waals surface area (Å²) in [5, 5.41) is 4.71. The molecule has 0 saturated carbocycles. The second-order valence-electron chi connectivity index (χ2n) is 7.03. The van der Waals surface area contributed by atoms with E-state index in [-0.39, 0.29) is 6.04 Å². The number of hydrogen-bond acceptors (Lipinski definition) is 3. The van der Waals surface area contributed by atoms with E-state index in [2.05, 4.69) is 60.1 Å². The fourth-order valence-corrected chi connectivity index (χ4v) is 4.01. The maximum Gasteiger partial charge on any atom is 0.0964 e. The largest absolute Gasteiger partial charge is 0.323 e. The number of imidazole rings is 1. The number of hydrogen-bond donors (Lipinski definition) is 0. The lowest BCUT2D eigenvalue weighted by Gasteiger charge is -2.18. The van der Waals surface area contributed by atoms with Gasteiger partial charge < -0.3 is 4.57 Å². The Hall–Kier alpha value is -3.21. The average Bonchev–Trinajstić information content (AvgIpc) is 3.30. The predicted octanol–water partition coefficient (Wildman–Crippen LogP) is 5.05. The highest BCUT2D eigenvalue weighted by Crippen LogP contribution is 2.35. The van der Waals surface area contributed by atoms with Crippen LogP contribution in [0.25, 0.3) is 22.5 Å².